The lowest BCUT2D eigenvalue weighted by molar-refractivity contribution is -0.144. The fraction of sp³-hybridized carbons (Fsp3) is 0.438. The van der Waals surface area contributed by atoms with Crippen molar-refractivity contribution >= 4 is 11.9 Å². The first-order valence-corrected chi connectivity index (χ1v) is 7.99. The number of ether oxygens (including phenoxy) is 3. The number of nitrogens with zero attached hydrogens (tertiary/aromatic N) is 4. The Morgan fingerprint density at radius 2 is 1.85 bits per heavy atom. The van der Waals surface area contributed by atoms with Gasteiger partial charge in [0.25, 0.3) is 5.91 Å². The van der Waals surface area contributed by atoms with E-state index >= 15 is 0 Å². The van der Waals surface area contributed by atoms with E-state index < -0.39 is 11.9 Å². The van der Waals surface area contributed by atoms with E-state index in [1.807, 2.05) is 6.92 Å². The van der Waals surface area contributed by atoms with Gasteiger partial charge in [0.1, 0.15) is 18.0 Å². The Bertz CT molecular complexity index is 739. The van der Waals surface area contributed by atoms with Crippen molar-refractivity contribution in [1.82, 2.24) is 25.5 Å². The molecule has 0 aliphatic carbocycles. The molecule has 1 heterocycles. The standard InChI is InChI=1S/C16H21N5O5/c1-4-5-21-14(18-19-20-21)10-26-15(22)9-17-16(23)11-6-12(24-2)8-13(7-11)25-3/h6-8H,4-5,9-10H2,1-3H3,(H,17,23). The van der Waals surface area contributed by atoms with Crippen LogP contribution in [0.4, 0.5) is 0 Å². The number of carbonyl (C=O) groups excluding carboxylic acids is 2. The highest BCUT2D eigenvalue weighted by atomic mass is 16.5. The van der Waals surface area contributed by atoms with E-state index in [4.69, 9.17) is 14.2 Å². The number of nitrogens with one attached hydrogen (secondary N) is 1. The van der Waals surface area contributed by atoms with E-state index in [-0.39, 0.29) is 13.2 Å². The molecule has 1 aromatic carbocycles. The third-order valence-corrected chi connectivity index (χ3v) is 3.41. The maximum atomic E-state index is 12.2. The molecule has 0 saturated heterocycles. The second-order valence-corrected chi connectivity index (χ2v) is 5.26. The minimum Gasteiger partial charge on any atom is -0.497 e. The molecule has 0 radical (unpaired) electrons. The molecule has 1 N–H and O–H groups in total. The van der Waals surface area contributed by atoms with Gasteiger partial charge in [-0.15, -0.1) is 5.10 Å². The van der Waals surface area contributed by atoms with Gasteiger partial charge in [-0.05, 0) is 29.0 Å². The highest BCUT2D eigenvalue weighted by molar-refractivity contribution is 5.96. The van der Waals surface area contributed by atoms with Crippen LogP contribution in [-0.4, -0.2) is 52.8 Å². The minimum atomic E-state index is -0.598. The predicted octanol–water partition coefficient (Wildman–Crippen LogP) is 0.574. The zero-order chi connectivity index (χ0) is 18.9. The van der Waals surface area contributed by atoms with E-state index in [9.17, 15) is 9.59 Å². The maximum absolute atomic E-state index is 12.2. The molecule has 2 rings (SSSR count). The molecular weight excluding hydrogens is 342 g/mol. The first kappa shape index (κ1) is 19.2. The molecule has 1 aromatic heterocycles. The second-order valence-electron chi connectivity index (χ2n) is 5.26. The first-order valence-electron chi connectivity index (χ1n) is 7.99. The Hall–Kier alpha value is -3.17. The Kier molecular flexibility index (Phi) is 6.89. The summed E-state index contributed by atoms with van der Waals surface area (Å²) in [7, 11) is 2.97. The summed E-state index contributed by atoms with van der Waals surface area (Å²) < 4.78 is 16.9. The second kappa shape index (κ2) is 9.35. The summed E-state index contributed by atoms with van der Waals surface area (Å²) in [6, 6.07) is 4.73. The summed E-state index contributed by atoms with van der Waals surface area (Å²) in [6.45, 7) is 2.28. The Labute approximate surface area is 150 Å². The van der Waals surface area contributed by atoms with Crippen molar-refractivity contribution in [2.75, 3.05) is 20.8 Å². The zero-order valence-electron chi connectivity index (χ0n) is 14.9. The quantitative estimate of drug-likeness (QED) is 0.643. The molecule has 26 heavy (non-hydrogen) atoms. The van der Waals surface area contributed by atoms with Crippen LogP contribution < -0.4 is 14.8 Å². The molecule has 140 valence electrons. The lowest BCUT2D eigenvalue weighted by atomic mass is 10.2. The predicted molar refractivity (Wildman–Crippen MR) is 89.8 cm³/mol. The van der Waals surface area contributed by atoms with E-state index in [1.54, 1.807) is 22.9 Å². The number of rotatable bonds is 9. The molecule has 0 atom stereocenters. The lowest BCUT2D eigenvalue weighted by Gasteiger charge is -2.09. The van der Waals surface area contributed by atoms with Crippen LogP contribution >= 0.6 is 0 Å². The number of carbonyl (C=O) groups is 2. The van der Waals surface area contributed by atoms with Gasteiger partial charge in [0, 0.05) is 18.2 Å². The van der Waals surface area contributed by atoms with Crippen molar-refractivity contribution in [3.63, 3.8) is 0 Å². The van der Waals surface area contributed by atoms with Crippen molar-refractivity contribution in [2.24, 2.45) is 0 Å². The van der Waals surface area contributed by atoms with Crippen molar-refractivity contribution < 1.29 is 23.8 Å². The number of hydrogen-bond acceptors (Lipinski definition) is 8. The fourth-order valence-electron chi connectivity index (χ4n) is 2.10. The fourth-order valence-corrected chi connectivity index (χ4v) is 2.10. The first-order chi connectivity index (χ1) is 12.6. The topological polar surface area (TPSA) is 117 Å². The van der Waals surface area contributed by atoms with Crippen molar-refractivity contribution in [3.05, 3.63) is 29.6 Å². The molecule has 0 aliphatic rings. The highest BCUT2D eigenvalue weighted by Gasteiger charge is 2.13. The van der Waals surface area contributed by atoms with E-state index in [1.165, 1.54) is 14.2 Å². The van der Waals surface area contributed by atoms with Crippen LogP contribution in [0.25, 0.3) is 0 Å². The number of aryl methyl sites for hydroxylation is 1. The molecule has 0 spiro atoms. The van der Waals surface area contributed by atoms with Gasteiger partial charge < -0.3 is 19.5 Å². The number of benzene rings is 1. The molecule has 0 aliphatic heterocycles. The van der Waals surface area contributed by atoms with Crippen LogP contribution in [-0.2, 0) is 22.7 Å². The molecular formula is C16H21N5O5. The summed E-state index contributed by atoms with van der Waals surface area (Å²) in [5.41, 5.74) is 0.306. The number of aromatic nitrogens is 4. The normalized spacial score (nSPS) is 10.3. The summed E-state index contributed by atoms with van der Waals surface area (Å²) in [5.74, 6) is 0.345. The number of amides is 1. The van der Waals surface area contributed by atoms with Crippen LogP contribution in [0, 0.1) is 0 Å². The van der Waals surface area contributed by atoms with Gasteiger partial charge >= 0.3 is 5.97 Å². The number of methoxy groups -OCH3 is 2. The number of tetrazole rings is 1. The Balaban J connectivity index is 1.87. The third kappa shape index (κ3) is 5.16. The molecule has 1 amide bonds. The van der Waals surface area contributed by atoms with Crippen molar-refractivity contribution in [1.29, 1.82) is 0 Å². The van der Waals surface area contributed by atoms with Gasteiger partial charge in [-0.2, -0.15) is 0 Å². The number of hydrogen-bond donors (Lipinski definition) is 1. The van der Waals surface area contributed by atoms with E-state index in [0.717, 1.165) is 6.42 Å². The van der Waals surface area contributed by atoms with E-state index in [0.29, 0.717) is 29.4 Å². The molecule has 0 unspecified atom stereocenters. The average Bonchev–Trinajstić information content (AvgIpc) is 3.11. The van der Waals surface area contributed by atoms with Gasteiger partial charge in [-0.3, -0.25) is 9.59 Å². The molecule has 2 aromatic rings. The van der Waals surface area contributed by atoms with Crippen LogP contribution in [0.3, 0.4) is 0 Å². The SMILES string of the molecule is CCCn1nnnc1COC(=O)CNC(=O)c1cc(OC)cc(OC)c1. The Morgan fingerprint density at radius 1 is 1.15 bits per heavy atom. The van der Waals surface area contributed by atoms with Gasteiger partial charge in [-0.25, -0.2) is 4.68 Å². The lowest BCUT2D eigenvalue weighted by Crippen LogP contribution is -2.30. The zero-order valence-corrected chi connectivity index (χ0v) is 14.9. The van der Waals surface area contributed by atoms with E-state index in [2.05, 4.69) is 20.8 Å². The van der Waals surface area contributed by atoms with Gasteiger partial charge in [0.15, 0.2) is 12.4 Å². The van der Waals surface area contributed by atoms with Crippen LogP contribution in [0.15, 0.2) is 18.2 Å². The summed E-state index contributed by atoms with van der Waals surface area (Å²) in [5, 5.41) is 13.6. The largest absolute Gasteiger partial charge is 0.497 e. The summed E-state index contributed by atoms with van der Waals surface area (Å²) >= 11 is 0. The summed E-state index contributed by atoms with van der Waals surface area (Å²) in [4.78, 5) is 24.0. The Morgan fingerprint density at radius 3 is 2.46 bits per heavy atom. The molecule has 10 heteroatoms. The summed E-state index contributed by atoms with van der Waals surface area (Å²) in [6.07, 6.45) is 0.853. The average molecular weight is 363 g/mol. The number of esters is 1. The van der Waals surface area contributed by atoms with Gasteiger partial charge in [0.2, 0.25) is 0 Å². The van der Waals surface area contributed by atoms with Crippen LogP contribution in [0.1, 0.15) is 29.5 Å². The molecule has 0 saturated carbocycles. The van der Waals surface area contributed by atoms with Crippen LogP contribution in [0.2, 0.25) is 0 Å². The van der Waals surface area contributed by atoms with Crippen molar-refractivity contribution in [3.8, 4) is 11.5 Å². The van der Waals surface area contributed by atoms with Crippen molar-refractivity contribution in [2.45, 2.75) is 26.5 Å². The highest BCUT2D eigenvalue weighted by Crippen LogP contribution is 2.22. The maximum Gasteiger partial charge on any atom is 0.325 e. The minimum absolute atomic E-state index is 0.0608. The van der Waals surface area contributed by atoms with Gasteiger partial charge in [0.05, 0.1) is 14.2 Å². The molecule has 0 fully saturated rings. The van der Waals surface area contributed by atoms with Gasteiger partial charge in [-0.1, -0.05) is 6.92 Å². The van der Waals surface area contributed by atoms with Crippen LogP contribution in [0.5, 0.6) is 11.5 Å². The smallest absolute Gasteiger partial charge is 0.325 e. The molecule has 10 nitrogen and oxygen atoms in total. The third-order valence-electron chi connectivity index (χ3n) is 3.41. The molecule has 0 bridgehead atoms. The monoisotopic (exact) mass is 363 g/mol.